The maximum absolute atomic E-state index is 11.2. The Labute approximate surface area is 98.3 Å². The molecule has 0 aromatic heterocycles. The van der Waals surface area contributed by atoms with Gasteiger partial charge in [-0.2, -0.15) is 0 Å². The lowest BCUT2D eigenvalue weighted by Crippen LogP contribution is -2.13. The molecule has 0 aliphatic carbocycles. The van der Waals surface area contributed by atoms with Gasteiger partial charge in [-0.3, -0.25) is 10.1 Å². The van der Waals surface area contributed by atoms with Crippen LogP contribution in [-0.4, -0.2) is 32.4 Å². The summed E-state index contributed by atoms with van der Waals surface area (Å²) in [5.41, 5.74) is 0.434. The fourth-order valence-electron chi connectivity index (χ4n) is 1.35. The second-order valence-corrected chi connectivity index (χ2v) is 5.61. The molecule has 17 heavy (non-hydrogen) atoms. The Morgan fingerprint density at radius 3 is 2.24 bits per heavy atom. The van der Waals surface area contributed by atoms with E-state index in [0.717, 1.165) is 6.26 Å². The smallest absolute Gasteiger partial charge is 0.217 e. The van der Waals surface area contributed by atoms with Crippen molar-refractivity contribution in [2.45, 2.75) is 10.8 Å². The van der Waals surface area contributed by atoms with Gasteiger partial charge in [0, 0.05) is 11.2 Å². The van der Waals surface area contributed by atoms with Gasteiger partial charge in [-0.15, -0.1) is 0 Å². The number of benzene rings is 1. The van der Waals surface area contributed by atoms with Gasteiger partial charge in [0.1, 0.15) is 12.2 Å². The van der Waals surface area contributed by atoms with Crippen LogP contribution in [0.25, 0.3) is 0 Å². The van der Waals surface area contributed by atoms with Crippen LogP contribution in [-0.2, 0) is 14.6 Å². The largest absolute Gasteiger partial charge is 0.302 e. The van der Waals surface area contributed by atoms with Gasteiger partial charge in [-0.25, -0.2) is 8.42 Å². The van der Waals surface area contributed by atoms with Crippen LogP contribution in [0.1, 0.15) is 11.5 Å². The Hall–Kier alpha value is -1.76. The summed E-state index contributed by atoms with van der Waals surface area (Å²) < 4.78 is 22.4. The molecule has 92 valence electrons. The molecule has 1 atom stereocenters. The molecule has 0 fully saturated rings. The summed E-state index contributed by atoms with van der Waals surface area (Å²) in [5, 5.41) is 10.3. The van der Waals surface area contributed by atoms with Crippen LogP contribution in [0, 0.1) is 10.1 Å². The summed E-state index contributed by atoms with van der Waals surface area (Å²) in [7, 11) is -3.30. The molecule has 0 aliphatic heterocycles. The summed E-state index contributed by atoms with van der Waals surface area (Å²) in [4.78, 5) is 20.6. The molecule has 0 saturated carbocycles. The van der Waals surface area contributed by atoms with Crippen molar-refractivity contribution in [3.63, 3.8) is 0 Å². The normalized spacial score (nSPS) is 13.0. The molecule has 0 heterocycles. The molecule has 0 aliphatic rings. The Morgan fingerprint density at radius 2 is 1.88 bits per heavy atom. The van der Waals surface area contributed by atoms with E-state index in [0.29, 0.717) is 11.8 Å². The molecule has 0 spiro atoms. The van der Waals surface area contributed by atoms with Crippen molar-refractivity contribution in [1.82, 2.24) is 0 Å². The van der Waals surface area contributed by atoms with Crippen molar-refractivity contribution < 1.29 is 18.1 Å². The van der Waals surface area contributed by atoms with Crippen molar-refractivity contribution in [2.75, 3.05) is 12.8 Å². The van der Waals surface area contributed by atoms with E-state index in [9.17, 15) is 23.3 Å². The summed E-state index contributed by atoms with van der Waals surface area (Å²) in [6.07, 6.45) is 1.55. The standard InChI is InChI=1S/C10H11NO5S/c1-17(15,16)10-4-2-8(3-5-10)9(7-12)6-11(13)14/h2-5,7,9H,6H2,1H3. The van der Waals surface area contributed by atoms with Gasteiger partial charge in [0.25, 0.3) is 0 Å². The van der Waals surface area contributed by atoms with E-state index in [1.807, 2.05) is 0 Å². The fourth-order valence-corrected chi connectivity index (χ4v) is 1.98. The molecule has 1 aromatic rings. The van der Waals surface area contributed by atoms with Gasteiger partial charge in [-0.05, 0) is 17.7 Å². The topological polar surface area (TPSA) is 94.3 Å². The maximum Gasteiger partial charge on any atom is 0.217 e. The minimum Gasteiger partial charge on any atom is -0.302 e. The van der Waals surface area contributed by atoms with Gasteiger partial charge < -0.3 is 4.79 Å². The monoisotopic (exact) mass is 257 g/mol. The predicted octanol–water partition coefficient (Wildman–Crippen LogP) is 0.649. The molecule has 0 saturated heterocycles. The number of hydrogen-bond donors (Lipinski definition) is 0. The van der Waals surface area contributed by atoms with E-state index in [2.05, 4.69) is 0 Å². The van der Waals surface area contributed by atoms with Gasteiger partial charge in [0.15, 0.2) is 9.84 Å². The zero-order chi connectivity index (χ0) is 13.1. The molecule has 1 unspecified atom stereocenters. The van der Waals surface area contributed by atoms with E-state index < -0.39 is 27.2 Å². The summed E-state index contributed by atoms with van der Waals surface area (Å²) in [6, 6.07) is 5.50. The van der Waals surface area contributed by atoms with Crippen LogP contribution < -0.4 is 0 Å². The van der Waals surface area contributed by atoms with Crippen LogP contribution in [0.4, 0.5) is 0 Å². The molecule has 0 radical (unpaired) electrons. The number of nitro groups is 1. The first kappa shape index (κ1) is 13.3. The molecule has 7 heteroatoms. The first-order chi connectivity index (χ1) is 7.84. The predicted molar refractivity (Wildman–Crippen MR) is 60.2 cm³/mol. The zero-order valence-electron chi connectivity index (χ0n) is 9.07. The van der Waals surface area contributed by atoms with Gasteiger partial charge in [0.05, 0.1) is 4.90 Å². The third-order valence-electron chi connectivity index (χ3n) is 2.25. The molecular formula is C10H11NO5S. The Bertz CT molecular complexity index is 520. The lowest BCUT2D eigenvalue weighted by Gasteiger charge is -2.06. The lowest BCUT2D eigenvalue weighted by atomic mass is 10.0. The van der Waals surface area contributed by atoms with Crippen molar-refractivity contribution in [1.29, 1.82) is 0 Å². The number of carbonyl (C=O) groups excluding carboxylic acids is 1. The highest BCUT2D eigenvalue weighted by molar-refractivity contribution is 7.90. The fraction of sp³-hybridized carbons (Fsp3) is 0.300. The summed E-state index contributed by atoms with van der Waals surface area (Å²) >= 11 is 0. The van der Waals surface area contributed by atoms with E-state index in [1.54, 1.807) is 0 Å². The number of carbonyl (C=O) groups is 1. The van der Waals surface area contributed by atoms with E-state index in [4.69, 9.17) is 0 Å². The lowest BCUT2D eigenvalue weighted by molar-refractivity contribution is -0.481. The first-order valence-electron chi connectivity index (χ1n) is 4.71. The maximum atomic E-state index is 11.2. The number of nitrogens with zero attached hydrogens (tertiary/aromatic N) is 1. The van der Waals surface area contributed by atoms with Crippen molar-refractivity contribution in [3.05, 3.63) is 39.9 Å². The van der Waals surface area contributed by atoms with Crippen LogP contribution >= 0.6 is 0 Å². The van der Waals surface area contributed by atoms with Crippen LogP contribution in [0.2, 0.25) is 0 Å². The second-order valence-electron chi connectivity index (χ2n) is 3.60. The van der Waals surface area contributed by atoms with Gasteiger partial charge in [0.2, 0.25) is 6.54 Å². The van der Waals surface area contributed by atoms with Crippen molar-refractivity contribution >= 4 is 16.1 Å². The quantitative estimate of drug-likeness (QED) is 0.438. The molecule has 1 aromatic carbocycles. The van der Waals surface area contributed by atoms with Crippen molar-refractivity contribution in [3.8, 4) is 0 Å². The third kappa shape index (κ3) is 3.63. The molecule has 0 N–H and O–H groups in total. The SMILES string of the molecule is CS(=O)(=O)c1ccc(C(C=O)C[N+](=O)[O-])cc1. The number of sulfone groups is 1. The number of rotatable bonds is 5. The van der Waals surface area contributed by atoms with Crippen LogP contribution in [0.15, 0.2) is 29.2 Å². The molecule has 6 nitrogen and oxygen atoms in total. The Morgan fingerprint density at radius 1 is 1.35 bits per heavy atom. The van der Waals surface area contributed by atoms with Gasteiger partial charge >= 0.3 is 0 Å². The second kappa shape index (κ2) is 5.05. The Kier molecular flexibility index (Phi) is 3.95. The van der Waals surface area contributed by atoms with E-state index in [-0.39, 0.29) is 4.90 Å². The average molecular weight is 257 g/mol. The van der Waals surface area contributed by atoms with E-state index >= 15 is 0 Å². The summed E-state index contributed by atoms with van der Waals surface area (Å²) in [5.74, 6) is -0.849. The molecule has 1 rings (SSSR count). The van der Waals surface area contributed by atoms with Gasteiger partial charge in [-0.1, -0.05) is 12.1 Å². The summed E-state index contributed by atoms with van der Waals surface area (Å²) in [6.45, 7) is -0.498. The highest BCUT2D eigenvalue weighted by Gasteiger charge is 2.17. The highest BCUT2D eigenvalue weighted by Crippen LogP contribution is 2.17. The number of hydrogen-bond acceptors (Lipinski definition) is 5. The molecule has 0 bridgehead atoms. The van der Waals surface area contributed by atoms with E-state index in [1.165, 1.54) is 24.3 Å². The van der Waals surface area contributed by atoms with Crippen LogP contribution in [0.5, 0.6) is 0 Å². The molecular weight excluding hydrogens is 246 g/mol. The minimum absolute atomic E-state index is 0.118. The van der Waals surface area contributed by atoms with Crippen LogP contribution in [0.3, 0.4) is 0 Å². The average Bonchev–Trinajstić information content (AvgIpc) is 2.24. The number of aldehydes is 1. The third-order valence-corrected chi connectivity index (χ3v) is 3.37. The minimum atomic E-state index is -3.30. The molecule has 0 amide bonds. The first-order valence-corrected chi connectivity index (χ1v) is 6.61. The highest BCUT2D eigenvalue weighted by atomic mass is 32.2. The zero-order valence-corrected chi connectivity index (χ0v) is 9.88. The van der Waals surface area contributed by atoms with Crippen molar-refractivity contribution in [2.24, 2.45) is 0 Å². The Balaban J connectivity index is 3.01.